The zero-order valence-electron chi connectivity index (χ0n) is 26.8. The van der Waals surface area contributed by atoms with Gasteiger partial charge in [0, 0.05) is 57.7 Å². The van der Waals surface area contributed by atoms with Crippen LogP contribution in [-0.2, 0) is 16.8 Å². The van der Waals surface area contributed by atoms with Crippen LogP contribution in [0.2, 0.25) is 0 Å². The van der Waals surface area contributed by atoms with Crippen LogP contribution in [0.3, 0.4) is 0 Å². The number of hydrogen-bond donors (Lipinski definition) is 0. The lowest BCUT2D eigenvalue weighted by atomic mass is 9.77. The normalized spacial score (nSPS) is 15.6. The highest BCUT2D eigenvalue weighted by Crippen LogP contribution is 2.41. The number of hydrogen-bond acceptors (Lipinski definition) is 4. The molecule has 0 aliphatic carbocycles. The van der Waals surface area contributed by atoms with Crippen molar-refractivity contribution in [3.8, 4) is 0 Å². The molecule has 236 valence electrons. The molecule has 6 heteroatoms. The summed E-state index contributed by atoms with van der Waals surface area (Å²) in [4.78, 5) is 23.4. The van der Waals surface area contributed by atoms with Gasteiger partial charge in [-0.25, -0.2) is 4.98 Å². The predicted octanol–water partition coefficient (Wildman–Crippen LogP) is 7.24. The highest BCUT2D eigenvalue weighted by molar-refractivity contribution is 6.07. The zero-order valence-corrected chi connectivity index (χ0v) is 26.8. The van der Waals surface area contributed by atoms with Crippen molar-refractivity contribution in [3.05, 3.63) is 174 Å². The third kappa shape index (κ3) is 5.98. The molecule has 0 bridgehead atoms. The SMILES string of the molecule is COCC[C@H]1CN(C(=O)c2cccc3ccccc23)CCN1Cc1cn(C(c2ccccc2)(c2ccccc2)c2ccccc2)cn1. The molecule has 6 aromatic rings. The van der Waals surface area contributed by atoms with Gasteiger partial charge in [-0.2, -0.15) is 0 Å². The minimum Gasteiger partial charge on any atom is -0.385 e. The lowest BCUT2D eigenvalue weighted by Gasteiger charge is -2.41. The number of ether oxygens (including phenoxy) is 1. The Kier molecular flexibility index (Phi) is 8.96. The number of rotatable bonds is 10. The van der Waals surface area contributed by atoms with E-state index in [-0.39, 0.29) is 11.9 Å². The van der Waals surface area contributed by atoms with Crippen LogP contribution in [-0.4, -0.2) is 64.7 Å². The second-order valence-corrected chi connectivity index (χ2v) is 12.3. The predicted molar refractivity (Wildman–Crippen MR) is 187 cm³/mol. The molecule has 5 aromatic carbocycles. The van der Waals surface area contributed by atoms with Crippen molar-refractivity contribution >= 4 is 16.7 Å². The molecule has 6 nitrogen and oxygen atoms in total. The number of aromatic nitrogens is 2. The smallest absolute Gasteiger partial charge is 0.254 e. The van der Waals surface area contributed by atoms with Gasteiger partial charge in [-0.05, 0) is 39.9 Å². The molecule has 47 heavy (non-hydrogen) atoms. The molecule has 0 radical (unpaired) electrons. The topological polar surface area (TPSA) is 50.6 Å². The van der Waals surface area contributed by atoms with E-state index in [2.05, 4.69) is 119 Å². The van der Waals surface area contributed by atoms with Gasteiger partial charge < -0.3 is 14.2 Å². The molecule has 1 atom stereocenters. The fraction of sp³-hybridized carbons (Fsp3) is 0.220. The minimum absolute atomic E-state index is 0.0894. The van der Waals surface area contributed by atoms with Crippen LogP contribution < -0.4 is 0 Å². The van der Waals surface area contributed by atoms with E-state index in [0.717, 1.165) is 35.0 Å². The third-order valence-corrected chi connectivity index (χ3v) is 9.53. The van der Waals surface area contributed by atoms with Crippen LogP contribution in [0.5, 0.6) is 0 Å². The minimum atomic E-state index is -0.603. The van der Waals surface area contributed by atoms with Crippen LogP contribution in [0, 0.1) is 0 Å². The summed E-state index contributed by atoms with van der Waals surface area (Å²) in [6.45, 7) is 3.39. The standard InChI is InChI=1S/C41H40N4O2/c1-47-27-24-37-30-44(40(46)39-23-13-15-32-14-11-12-22-38(32)39)26-25-43(37)28-36-29-45(31-42-36)41(33-16-5-2-6-17-33,34-18-7-3-8-19-34)35-20-9-4-10-21-35/h2-23,29,31,37H,24-28,30H2,1H3/t37-/m0/s1. The van der Waals surface area contributed by atoms with Crippen molar-refractivity contribution in [1.29, 1.82) is 0 Å². The van der Waals surface area contributed by atoms with Gasteiger partial charge in [0.15, 0.2) is 0 Å². The molecular weight excluding hydrogens is 580 g/mol. The first-order valence-corrected chi connectivity index (χ1v) is 16.4. The van der Waals surface area contributed by atoms with Crippen LogP contribution >= 0.6 is 0 Å². The molecule has 1 aliphatic heterocycles. The van der Waals surface area contributed by atoms with E-state index in [0.29, 0.717) is 26.2 Å². The van der Waals surface area contributed by atoms with E-state index in [1.54, 1.807) is 7.11 Å². The van der Waals surface area contributed by atoms with Gasteiger partial charge in [0.05, 0.1) is 12.0 Å². The zero-order chi connectivity index (χ0) is 32.1. The van der Waals surface area contributed by atoms with Gasteiger partial charge in [-0.1, -0.05) is 127 Å². The van der Waals surface area contributed by atoms with Crippen molar-refractivity contribution < 1.29 is 9.53 Å². The Labute approximate surface area is 276 Å². The third-order valence-electron chi connectivity index (χ3n) is 9.53. The van der Waals surface area contributed by atoms with Crippen molar-refractivity contribution in [2.24, 2.45) is 0 Å². The largest absolute Gasteiger partial charge is 0.385 e. The van der Waals surface area contributed by atoms with Crippen molar-refractivity contribution in [3.63, 3.8) is 0 Å². The molecule has 1 amide bonds. The molecule has 0 unspecified atom stereocenters. The Morgan fingerprint density at radius 2 is 1.36 bits per heavy atom. The van der Waals surface area contributed by atoms with Gasteiger partial charge in [-0.15, -0.1) is 0 Å². The number of nitrogens with zero attached hydrogens (tertiary/aromatic N) is 4. The summed E-state index contributed by atoms with van der Waals surface area (Å²) in [5, 5.41) is 2.08. The highest BCUT2D eigenvalue weighted by Gasteiger charge is 2.39. The summed E-state index contributed by atoms with van der Waals surface area (Å²) in [7, 11) is 1.74. The van der Waals surface area contributed by atoms with E-state index in [1.807, 2.05) is 41.6 Å². The maximum absolute atomic E-state index is 13.9. The number of fused-ring (bicyclic) bond motifs is 1. The average molecular weight is 621 g/mol. The second-order valence-electron chi connectivity index (χ2n) is 12.3. The quantitative estimate of drug-likeness (QED) is 0.152. The van der Waals surface area contributed by atoms with Crippen LogP contribution in [0.15, 0.2) is 146 Å². The van der Waals surface area contributed by atoms with Gasteiger partial charge >= 0.3 is 0 Å². The van der Waals surface area contributed by atoms with Gasteiger partial charge in [-0.3, -0.25) is 9.69 Å². The number of imidazole rings is 1. The van der Waals surface area contributed by atoms with Gasteiger partial charge in [0.1, 0.15) is 5.54 Å². The van der Waals surface area contributed by atoms with E-state index in [1.165, 1.54) is 16.7 Å². The lowest BCUT2D eigenvalue weighted by molar-refractivity contribution is 0.0364. The van der Waals surface area contributed by atoms with E-state index >= 15 is 0 Å². The van der Waals surface area contributed by atoms with Gasteiger partial charge in [0.25, 0.3) is 5.91 Å². The second kappa shape index (κ2) is 13.8. The first-order chi connectivity index (χ1) is 23.2. The Balaban J connectivity index is 1.19. The van der Waals surface area contributed by atoms with Gasteiger partial charge in [0.2, 0.25) is 0 Å². The Morgan fingerprint density at radius 3 is 2.00 bits per heavy atom. The maximum atomic E-state index is 13.9. The molecule has 2 heterocycles. The summed E-state index contributed by atoms with van der Waals surface area (Å²) in [5.41, 5.74) is 4.65. The number of carbonyl (C=O) groups excluding carboxylic acids is 1. The molecule has 0 spiro atoms. The lowest BCUT2D eigenvalue weighted by Crippen LogP contribution is -2.54. The van der Waals surface area contributed by atoms with Crippen LogP contribution in [0.25, 0.3) is 10.8 Å². The highest BCUT2D eigenvalue weighted by atomic mass is 16.5. The molecule has 0 N–H and O–H groups in total. The molecule has 0 saturated carbocycles. The van der Waals surface area contributed by atoms with Crippen LogP contribution in [0.4, 0.5) is 0 Å². The molecule has 7 rings (SSSR count). The molecular formula is C41H40N4O2. The maximum Gasteiger partial charge on any atom is 0.254 e. The van der Waals surface area contributed by atoms with Crippen molar-refractivity contribution in [2.45, 2.75) is 24.5 Å². The summed E-state index contributed by atoms with van der Waals surface area (Å²) >= 11 is 0. The molecule has 1 fully saturated rings. The first kappa shape index (κ1) is 30.6. The number of carbonyl (C=O) groups is 1. The number of benzene rings is 5. The molecule has 1 saturated heterocycles. The Bertz CT molecular complexity index is 1820. The molecule has 1 aliphatic rings. The van der Waals surface area contributed by atoms with Crippen molar-refractivity contribution in [2.75, 3.05) is 33.4 Å². The monoisotopic (exact) mass is 620 g/mol. The average Bonchev–Trinajstić information content (AvgIpc) is 3.61. The summed E-state index contributed by atoms with van der Waals surface area (Å²) in [6.07, 6.45) is 5.01. The summed E-state index contributed by atoms with van der Waals surface area (Å²) in [5.74, 6) is 0.0894. The summed E-state index contributed by atoms with van der Waals surface area (Å²) in [6, 6.07) is 46.3. The van der Waals surface area contributed by atoms with E-state index in [9.17, 15) is 4.79 Å². The van der Waals surface area contributed by atoms with Crippen molar-refractivity contribution in [1.82, 2.24) is 19.4 Å². The Hall–Kier alpha value is -5.04. The van der Waals surface area contributed by atoms with E-state index in [4.69, 9.17) is 9.72 Å². The molecule has 1 aromatic heterocycles. The number of methoxy groups -OCH3 is 1. The summed E-state index contributed by atoms with van der Waals surface area (Å²) < 4.78 is 7.80. The Morgan fingerprint density at radius 1 is 0.766 bits per heavy atom. The fourth-order valence-electron chi connectivity index (χ4n) is 7.22. The van der Waals surface area contributed by atoms with Crippen LogP contribution in [0.1, 0.15) is 39.2 Å². The number of piperazine rings is 1. The fourth-order valence-corrected chi connectivity index (χ4v) is 7.22. The first-order valence-electron chi connectivity index (χ1n) is 16.4. The van der Waals surface area contributed by atoms with E-state index < -0.39 is 5.54 Å². The number of amides is 1.